The zero-order valence-electron chi connectivity index (χ0n) is 33.4. The molecular weight excluding hydrogens is 739 g/mol. The molecule has 0 amide bonds. The summed E-state index contributed by atoms with van der Waals surface area (Å²) in [6.07, 6.45) is 0. The molecule has 286 valence electrons. The van der Waals surface area contributed by atoms with Gasteiger partial charge in [0.1, 0.15) is 0 Å². The quantitative estimate of drug-likeness (QED) is 0.154. The lowest BCUT2D eigenvalue weighted by Gasteiger charge is -2.35. The molecule has 3 nitrogen and oxygen atoms in total. The molecule has 1 heterocycles. The van der Waals surface area contributed by atoms with Gasteiger partial charge in [-0.05, 0) is 85.0 Å². The minimum Gasteiger partial charge on any atom is -0.208 e. The molecule has 0 bridgehead atoms. The Kier molecular flexibility index (Phi) is 9.05. The molecule has 0 unspecified atom stereocenters. The third-order valence-corrected chi connectivity index (χ3v) is 12.0. The lowest BCUT2D eigenvalue weighted by atomic mass is 9.66. The van der Waals surface area contributed by atoms with Crippen molar-refractivity contribution in [2.45, 2.75) is 5.41 Å². The number of fused-ring (bicyclic) bond motifs is 3. The van der Waals surface area contributed by atoms with Crippen molar-refractivity contribution in [3.63, 3.8) is 0 Å². The highest BCUT2D eigenvalue weighted by atomic mass is 15.0. The molecular formula is C58H39N3. The van der Waals surface area contributed by atoms with Crippen LogP contribution in [0.3, 0.4) is 0 Å². The number of hydrogen-bond donors (Lipinski definition) is 0. The Bertz CT molecular complexity index is 3050. The monoisotopic (exact) mass is 777 g/mol. The van der Waals surface area contributed by atoms with E-state index in [9.17, 15) is 0 Å². The van der Waals surface area contributed by atoms with Crippen LogP contribution < -0.4 is 0 Å². The molecule has 0 atom stereocenters. The maximum Gasteiger partial charge on any atom is 0.164 e. The molecule has 3 heteroatoms. The van der Waals surface area contributed by atoms with Crippen molar-refractivity contribution in [2.75, 3.05) is 0 Å². The van der Waals surface area contributed by atoms with Crippen LogP contribution in [-0.4, -0.2) is 15.0 Å². The Morgan fingerprint density at radius 3 is 1.16 bits per heavy atom. The van der Waals surface area contributed by atoms with Crippen LogP contribution >= 0.6 is 0 Å². The topological polar surface area (TPSA) is 38.7 Å². The lowest BCUT2D eigenvalue weighted by molar-refractivity contribution is 0.770. The van der Waals surface area contributed by atoms with Crippen molar-refractivity contribution in [3.8, 4) is 78.7 Å². The summed E-state index contributed by atoms with van der Waals surface area (Å²) in [6, 6.07) is 84.2. The fraction of sp³-hybridized carbons (Fsp3) is 0.0172. The third kappa shape index (κ3) is 6.35. The second-order valence-corrected chi connectivity index (χ2v) is 15.5. The van der Waals surface area contributed by atoms with Crippen LogP contribution in [0.25, 0.3) is 78.7 Å². The number of benzene rings is 9. The van der Waals surface area contributed by atoms with Crippen molar-refractivity contribution in [1.82, 2.24) is 15.0 Å². The van der Waals surface area contributed by atoms with E-state index in [1.54, 1.807) is 0 Å². The van der Waals surface area contributed by atoms with Crippen LogP contribution in [0.1, 0.15) is 22.3 Å². The van der Waals surface area contributed by atoms with Crippen molar-refractivity contribution in [1.29, 1.82) is 0 Å². The molecule has 1 aromatic heterocycles. The van der Waals surface area contributed by atoms with E-state index < -0.39 is 5.41 Å². The van der Waals surface area contributed by atoms with Crippen LogP contribution in [0.4, 0.5) is 0 Å². The summed E-state index contributed by atoms with van der Waals surface area (Å²) in [4.78, 5) is 15.5. The number of aromatic nitrogens is 3. The van der Waals surface area contributed by atoms with Crippen LogP contribution in [0, 0.1) is 0 Å². The van der Waals surface area contributed by atoms with Gasteiger partial charge in [-0.3, -0.25) is 0 Å². The largest absolute Gasteiger partial charge is 0.208 e. The fourth-order valence-electron chi connectivity index (χ4n) is 9.24. The van der Waals surface area contributed by atoms with Crippen molar-refractivity contribution < 1.29 is 0 Å². The summed E-state index contributed by atoms with van der Waals surface area (Å²) in [7, 11) is 0. The first-order valence-corrected chi connectivity index (χ1v) is 20.8. The molecule has 9 aromatic carbocycles. The van der Waals surface area contributed by atoms with Crippen molar-refractivity contribution >= 4 is 0 Å². The molecule has 0 N–H and O–H groups in total. The van der Waals surface area contributed by atoms with Gasteiger partial charge in [-0.15, -0.1) is 0 Å². The molecule has 0 radical (unpaired) electrons. The van der Waals surface area contributed by atoms with E-state index in [1.165, 1.54) is 38.9 Å². The van der Waals surface area contributed by atoms with Crippen LogP contribution in [0.5, 0.6) is 0 Å². The second kappa shape index (κ2) is 15.3. The molecule has 61 heavy (non-hydrogen) atoms. The molecule has 0 spiro atoms. The highest BCUT2D eigenvalue weighted by Crippen LogP contribution is 2.58. The summed E-state index contributed by atoms with van der Waals surface area (Å²) < 4.78 is 0. The van der Waals surface area contributed by atoms with Gasteiger partial charge in [-0.2, -0.15) is 0 Å². The highest BCUT2D eigenvalue weighted by molar-refractivity contribution is 5.93. The molecule has 1 aliphatic rings. The first-order chi connectivity index (χ1) is 30.2. The maximum absolute atomic E-state index is 5.24. The van der Waals surface area contributed by atoms with E-state index in [-0.39, 0.29) is 0 Å². The van der Waals surface area contributed by atoms with Crippen molar-refractivity contribution in [3.05, 3.63) is 259 Å². The Labute approximate surface area is 356 Å². The standard InChI is InChI=1S/C58H39N3/c1-6-19-40(20-7-1)45-37-46(41-21-8-2-9-22-41)39-47(38-45)57-60-55(43-23-10-3-11-24-43)59-56(61-57)44-35-33-42(34-36-44)50-30-18-31-52-51-29-16-17-32-53(51)58(54(50)52,48-25-12-4-13-26-48)49-27-14-5-15-28-49/h1-39H. The molecule has 0 saturated carbocycles. The van der Waals surface area contributed by atoms with E-state index in [1.807, 2.05) is 30.3 Å². The molecule has 0 aliphatic heterocycles. The van der Waals surface area contributed by atoms with E-state index >= 15 is 0 Å². The summed E-state index contributed by atoms with van der Waals surface area (Å²) >= 11 is 0. The van der Waals surface area contributed by atoms with Crippen LogP contribution in [0.15, 0.2) is 237 Å². The Hall–Kier alpha value is -8.01. The molecule has 0 saturated heterocycles. The summed E-state index contributed by atoms with van der Waals surface area (Å²) in [5, 5.41) is 0. The van der Waals surface area contributed by atoms with Gasteiger partial charge in [-0.1, -0.05) is 218 Å². The summed E-state index contributed by atoms with van der Waals surface area (Å²) in [6.45, 7) is 0. The van der Waals surface area contributed by atoms with Gasteiger partial charge in [0.05, 0.1) is 5.41 Å². The number of hydrogen-bond acceptors (Lipinski definition) is 3. The predicted octanol–water partition coefficient (Wildman–Crippen LogP) is 14.2. The van der Waals surface area contributed by atoms with Crippen LogP contribution in [-0.2, 0) is 5.41 Å². The van der Waals surface area contributed by atoms with Gasteiger partial charge in [-0.25, -0.2) is 15.0 Å². The zero-order chi connectivity index (χ0) is 40.6. The molecule has 11 rings (SSSR count). The SMILES string of the molecule is c1ccc(-c2cc(-c3ccccc3)cc(-c3nc(-c4ccccc4)nc(-c4ccc(-c5cccc6c5C(c5ccccc5)(c5ccccc5)c5ccccc5-6)cc4)n3)c2)cc1. The van der Waals surface area contributed by atoms with E-state index in [2.05, 4.69) is 206 Å². The Morgan fingerprint density at radius 2 is 0.623 bits per heavy atom. The first-order valence-electron chi connectivity index (χ1n) is 20.8. The molecule has 10 aromatic rings. The Balaban J connectivity index is 1.07. The fourth-order valence-corrected chi connectivity index (χ4v) is 9.24. The van der Waals surface area contributed by atoms with E-state index in [0.717, 1.165) is 44.5 Å². The number of rotatable bonds is 8. The van der Waals surface area contributed by atoms with Gasteiger partial charge >= 0.3 is 0 Å². The minimum atomic E-state index is -0.510. The lowest BCUT2D eigenvalue weighted by Crippen LogP contribution is -2.29. The van der Waals surface area contributed by atoms with Gasteiger partial charge in [0.25, 0.3) is 0 Å². The molecule has 1 aliphatic carbocycles. The average Bonchev–Trinajstić information content (AvgIpc) is 3.66. The zero-order valence-corrected chi connectivity index (χ0v) is 33.4. The summed E-state index contributed by atoms with van der Waals surface area (Å²) in [5.74, 6) is 1.87. The molecule has 0 fully saturated rings. The third-order valence-electron chi connectivity index (χ3n) is 12.0. The average molecular weight is 778 g/mol. The Morgan fingerprint density at radius 1 is 0.246 bits per heavy atom. The number of nitrogens with zero attached hydrogens (tertiary/aromatic N) is 3. The highest BCUT2D eigenvalue weighted by Gasteiger charge is 2.47. The smallest absolute Gasteiger partial charge is 0.164 e. The first kappa shape index (κ1) is 36.1. The van der Waals surface area contributed by atoms with Gasteiger partial charge in [0.15, 0.2) is 17.5 Å². The van der Waals surface area contributed by atoms with Gasteiger partial charge in [0.2, 0.25) is 0 Å². The van der Waals surface area contributed by atoms with E-state index in [4.69, 9.17) is 15.0 Å². The van der Waals surface area contributed by atoms with E-state index in [0.29, 0.717) is 17.5 Å². The van der Waals surface area contributed by atoms with Crippen LogP contribution in [0.2, 0.25) is 0 Å². The normalized spacial score (nSPS) is 12.4. The predicted molar refractivity (Wildman–Crippen MR) is 250 cm³/mol. The summed E-state index contributed by atoms with van der Waals surface area (Å²) in [5.41, 5.74) is 16.7. The van der Waals surface area contributed by atoms with Crippen molar-refractivity contribution in [2.24, 2.45) is 0 Å². The maximum atomic E-state index is 5.24. The van der Waals surface area contributed by atoms with Gasteiger partial charge in [0, 0.05) is 16.7 Å². The van der Waals surface area contributed by atoms with Gasteiger partial charge < -0.3 is 0 Å². The minimum absolute atomic E-state index is 0.510. The second-order valence-electron chi connectivity index (χ2n) is 15.5.